The monoisotopic (exact) mass is 236 g/mol. The molecule has 4 atom stereocenters. The largest absolute Gasteiger partial charge is 0.309 e. The second-order valence-electron chi connectivity index (χ2n) is 6.46. The number of nitrogens with zero attached hydrogens (tertiary/aromatic N) is 2. The van der Waals surface area contributed by atoms with Gasteiger partial charge in [0, 0.05) is 0 Å². The van der Waals surface area contributed by atoms with Crippen molar-refractivity contribution in [3.8, 4) is 0 Å². The molecule has 0 radical (unpaired) electrons. The lowest BCUT2D eigenvalue weighted by molar-refractivity contribution is 0.226. The van der Waals surface area contributed by atoms with E-state index < -0.39 is 0 Å². The van der Waals surface area contributed by atoms with Crippen molar-refractivity contribution in [3.05, 3.63) is 12.2 Å². The summed E-state index contributed by atoms with van der Waals surface area (Å²) in [5.41, 5.74) is 0. The SMILES string of the molecule is CN(C)CCC1C2C=CC(C2)C1CCN(C)C. The maximum Gasteiger partial charge on any atom is -0.00219 e. The first-order chi connectivity index (χ1) is 8.08. The van der Waals surface area contributed by atoms with Crippen LogP contribution in [0.3, 0.4) is 0 Å². The third-order valence-electron chi connectivity index (χ3n) is 4.62. The molecule has 1 saturated carbocycles. The summed E-state index contributed by atoms with van der Waals surface area (Å²) in [6.45, 7) is 2.50. The first-order valence-electron chi connectivity index (χ1n) is 7.05. The van der Waals surface area contributed by atoms with Gasteiger partial charge in [0.15, 0.2) is 0 Å². The molecule has 2 aliphatic carbocycles. The highest BCUT2D eigenvalue weighted by Crippen LogP contribution is 2.50. The normalized spacial score (nSPS) is 35.4. The Hall–Kier alpha value is -0.340. The molecule has 2 heteroatoms. The van der Waals surface area contributed by atoms with Crippen LogP contribution in [0.5, 0.6) is 0 Å². The summed E-state index contributed by atoms with van der Waals surface area (Å²) in [6.07, 6.45) is 9.21. The zero-order valence-corrected chi connectivity index (χ0v) is 11.9. The van der Waals surface area contributed by atoms with Crippen LogP contribution < -0.4 is 0 Å². The van der Waals surface area contributed by atoms with E-state index in [1.807, 2.05) is 0 Å². The smallest absolute Gasteiger partial charge is 0.00219 e. The Morgan fingerprint density at radius 2 is 1.24 bits per heavy atom. The van der Waals surface area contributed by atoms with E-state index in [4.69, 9.17) is 0 Å². The Balaban J connectivity index is 1.90. The first-order valence-corrected chi connectivity index (χ1v) is 7.05. The van der Waals surface area contributed by atoms with Crippen molar-refractivity contribution >= 4 is 0 Å². The Morgan fingerprint density at radius 1 is 0.824 bits per heavy atom. The molecule has 0 saturated heterocycles. The number of hydrogen-bond acceptors (Lipinski definition) is 2. The van der Waals surface area contributed by atoms with Crippen molar-refractivity contribution in [2.24, 2.45) is 23.7 Å². The lowest BCUT2D eigenvalue weighted by Gasteiger charge is -2.30. The Labute approximate surface area is 107 Å². The molecule has 1 fully saturated rings. The van der Waals surface area contributed by atoms with Crippen molar-refractivity contribution in [3.63, 3.8) is 0 Å². The molecule has 2 rings (SSSR count). The molecule has 17 heavy (non-hydrogen) atoms. The van der Waals surface area contributed by atoms with E-state index in [2.05, 4.69) is 50.1 Å². The molecule has 0 amide bonds. The predicted molar refractivity (Wildman–Crippen MR) is 74.1 cm³/mol. The maximum absolute atomic E-state index is 2.50. The van der Waals surface area contributed by atoms with E-state index in [-0.39, 0.29) is 0 Å². The molecule has 2 aliphatic rings. The summed E-state index contributed by atoms with van der Waals surface area (Å²) < 4.78 is 0. The van der Waals surface area contributed by atoms with Gasteiger partial charge in [-0.15, -0.1) is 0 Å². The lowest BCUT2D eigenvalue weighted by Crippen LogP contribution is -2.27. The minimum absolute atomic E-state index is 0.895. The molecule has 2 nitrogen and oxygen atoms in total. The van der Waals surface area contributed by atoms with E-state index in [1.165, 1.54) is 32.4 Å². The molecule has 98 valence electrons. The van der Waals surface area contributed by atoms with Crippen LogP contribution in [0.2, 0.25) is 0 Å². The maximum atomic E-state index is 2.50. The molecular formula is C15H28N2. The summed E-state index contributed by atoms with van der Waals surface area (Å²) in [5, 5.41) is 0. The summed E-state index contributed by atoms with van der Waals surface area (Å²) in [4.78, 5) is 4.66. The van der Waals surface area contributed by atoms with E-state index in [0.29, 0.717) is 0 Å². The molecular weight excluding hydrogens is 208 g/mol. The van der Waals surface area contributed by atoms with Gasteiger partial charge >= 0.3 is 0 Å². The highest BCUT2D eigenvalue weighted by Gasteiger charge is 2.43. The number of fused-ring (bicyclic) bond motifs is 2. The fourth-order valence-corrected chi connectivity index (χ4v) is 3.70. The van der Waals surface area contributed by atoms with E-state index in [9.17, 15) is 0 Å². The Kier molecular flexibility index (Phi) is 4.26. The molecule has 0 aromatic rings. The van der Waals surface area contributed by atoms with E-state index in [0.717, 1.165) is 23.7 Å². The molecule has 0 aromatic heterocycles. The zero-order chi connectivity index (χ0) is 12.4. The van der Waals surface area contributed by atoms with Gasteiger partial charge in [-0.3, -0.25) is 0 Å². The molecule has 0 heterocycles. The standard InChI is InChI=1S/C15H28N2/c1-16(2)9-7-14-12-5-6-13(11-12)15(14)8-10-17(3)4/h5-6,12-15H,7-11H2,1-4H3. The van der Waals surface area contributed by atoms with Crippen LogP contribution in [0.1, 0.15) is 19.3 Å². The minimum atomic E-state index is 0.895. The summed E-state index contributed by atoms with van der Waals surface area (Å²) >= 11 is 0. The predicted octanol–water partition coefficient (Wildman–Crippen LogP) is 2.33. The van der Waals surface area contributed by atoms with Gasteiger partial charge < -0.3 is 9.80 Å². The highest BCUT2D eigenvalue weighted by atomic mass is 15.1. The third-order valence-corrected chi connectivity index (χ3v) is 4.62. The van der Waals surface area contributed by atoms with Gasteiger partial charge in [-0.2, -0.15) is 0 Å². The first kappa shape index (κ1) is 13.1. The third kappa shape index (κ3) is 3.11. The van der Waals surface area contributed by atoms with E-state index in [1.54, 1.807) is 0 Å². The van der Waals surface area contributed by atoms with Crippen LogP contribution in [0.25, 0.3) is 0 Å². The van der Waals surface area contributed by atoms with Crippen molar-refractivity contribution < 1.29 is 0 Å². The van der Waals surface area contributed by atoms with Gasteiger partial charge in [0.2, 0.25) is 0 Å². The van der Waals surface area contributed by atoms with Crippen LogP contribution >= 0.6 is 0 Å². The fraction of sp³-hybridized carbons (Fsp3) is 0.867. The second-order valence-corrected chi connectivity index (χ2v) is 6.46. The average Bonchev–Trinajstić information content (AvgIpc) is 2.83. The minimum Gasteiger partial charge on any atom is -0.309 e. The Bertz CT molecular complexity index is 244. The molecule has 0 aliphatic heterocycles. The lowest BCUT2D eigenvalue weighted by atomic mass is 9.79. The summed E-state index contributed by atoms with van der Waals surface area (Å²) in [5.74, 6) is 3.69. The van der Waals surface area contributed by atoms with Crippen molar-refractivity contribution in [2.45, 2.75) is 19.3 Å². The van der Waals surface area contributed by atoms with Crippen molar-refractivity contribution in [2.75, 3.05) is 41.3 Å². The van der Waals surface area contributed by atoms with Crippen molar-refractivity contribution in [1.82, 2.24) is 9.80 Å². The van der Waals surface area contributed by atoms with Crippen LogP contribution in [0, 0.1) is 23.7 Å². The average molecular weight is 236 g/mol. The zero-order valence-electron chi connectivity index (χ0n) is 11.9. The summed E-state index contributed by atoms with van der Waals surface area (Å²) in [7, 11) is 8.77. The number of rotatable bonds is 6. The number of hydrogen-bond donors (Lipinski definition) is 0. The van der Waals surface area contributed by atoms with Gasteiger partial charge in [0.1, 0.15) is 0 Å². The van der Waals surface area contributed by atoms with Gasteiger partial charge in [-0.1, -0.05) is 12.2 Å². The molecule has 0 aromatic carbocycles. The second kappa shape index (κ2) is 5.53. The van der Waals surface area contributed by atoms with Crippen molar-refractivity contribution in [1.29, 1.82) is 0 Å². The van der Waals surface area contributed by atoms with Crippen LogP contribution in [-0.2, 0) is 0 Å². The van der Waals surface area contributed by atoms with Gasteiger partial charge in [0.25, 0.3) is 0 Å². The molecule has 0 N–H and O–H groups in total. The quantitative estimate of drug-likeness (QED) is 0.653. The fourth-order valence-electron chi connectivity index (χ4n) is 3.70. The van der Waals surface area contributed by atoms with Gasteiger partial charge in [-0.25, -0.2) is 0 Å². The number of allylic oxidation sites excluding steroid dienone is 2. The van der Waals surface area contributed by atoms with Gasteiger partial charge in [-0.05, 0) is 84.2 Å². The highest BCUT2D eigenvalue weighted by molar-refractivity contribution is 5.13. The van der Waals surface area contributed by atoms with Gasteiger partial charge in [0.05, 0.1) is 0 Å². The molecule has 4 unspecified atom stereocenters. The van der Waals surface area contributed by atoms with Crippen LogP contribution in [0.4, 0.5) is 0 Å². The Morgan fingerprint density at radius 3 is 1.59 bits per heavy atom. The van der Waals surface area contributed by atoms with E-state index >= 15 is 0 Å². The van der Waals surface area contributed by atoms with Crippen LogP contribution in [-0.4, -0.2) is 51.1 Å². The molecule has 0 spiro atoms. The summed E-state index contributed by atoms with van der Waals surface area (Å²) in [6, 6.07) is 0. The van der Waals surface area contributed by atoms with Crippen LogP contribution in [0.15, 0.2) is 12.2 Å². The molecule has 2 bridgehead atoms. The topological polar surface area (TPSA) is 6.48 Å².